The van der Waals surface area contributed by atoms with Crippen molar-refractivity contribution >= 4 is 21.8 Å². The van der Waals surface area contributed by atoms with Crippen LogP contribution in [0.25, 0.3) is 0 Å². The molecule has 3 N–H and O–H groups in total. The molecule has 0 aromatic heterocycles. The lowest BCUT2D eigenvalue weighted by Gasteiger charge is -2.08. The van der Waals surface area contributed by atoms with E-state index < -0.39 is 0 Å². The molecule has 0 aliphatic carbocycles. The van der Waals surface area contributed by atoms with Gasteiger partial charge in [-0.25, -0.2) is 0 Å². The Morgan fingerprint density at radius 3 is 2.94 bits per heavy atom. The molecule has 1 aromatic rings. The fraction of sp³-hybridized carbons (Fsp3) is 0.250. The van der Waals surface area contributed by atoms with Gasteiger partial charge in [-0.1, -0.05) is 28.1 Å². The number of amides is 1. The van der Waals surface area contributed by atoms with E-state index in [4.69, 9.17) is 10.5 Å². The van der Waals surface area contributed by atoms with Crippen molar-refractivity contribution in [1.29, 1.82) is 0 Å². The van der Waals surface area contributed by atoms with E-state index >= 15 is 0 Å². The van der Waals surface area contributed by atoms with E-state index in [-0.39, 0.29) is 5.91 Å². The van der Waals surface area contributed by atoms with Gasteiger partial charge in [0.15, 0.2) is 0 Å². The van der Waals surface area contributed by atoms with Gasteiger partial charge < -0.3 is 15.8 Å². The van der Waals surface area contributed by atoms with Crippen molar-refractivity contribution in [1.82, 2.24) is 5.32 Å². The summed E-state index contributed by atoms with van der Waals surface area (Å²) >= 11 is 3.32. The fourth-order valence-corrected chi connectivity index (χ4v) is 1.62. The monoisotopic (exact) mass is 298 g/mol. The van der Waals surface area contributed by atoms with Crippen LogP contribution in [0.4, 0.5) is 0 Å². The van der Waals surface area contributed by atoms with Crippen molar-refractivity contribution in [3.05, 3.63) is 40.4 Å². The topological polar surface area (TPSA) is 64.3 Å². The number of ether oxygens (including phenoxy) is 1. The van der Waals surface area contributed by atoms with Crippen LogP contribution in [0.1, 0.15) is 10.4 Å². The Hall–Kier alpha value is -1.33. The van der Waals surface area contributed by atoms with Crippen LogP contribution in [0.2, 0.25) is 0 Å². The number of nitrogens with one attached hydrogen (secondary N) is 1. The van der Waals surface area contributed by atoms with Gasteiger partial charge >= 0.3 is 0 Å². The number of hydrogen-bond acceptors (Lipinski definition) is 3. The highest BCUT2D eigenvalue weighted by molar-refractivity contribution is 9.10. The second kappa shape index (κ2) is 7.09. The van der Waals surface area contributed by atoms with E-state index in [0.717, 1.165) is 4.47 Å². The first-order valence-electron chi connectivity index (χ1n) is 5.16. The molecule has 0 unspecified atom stereocenters. The first-order valence-corrected chi connectivity index (χ1v) is 5.95. The molecule has 0 aliphatic rings. The van der Waals surface area contributed by atoms with Crippen LogP contribution in [-0.4, -0.2) is 26.1 Å². The minimum absolute atomic E-state index is 0.170. The molecule has 0 radical (unpaired) electrons. The third-order valence-corrected chi connectivity index (χ3v) is 2.58. The molecule has 1 rings (SSSR count). The summed E-state index contributed by atoms with van der Waals surface area (Å²) in [5, 5.41) is 2.75. The maximum Gasteiger partial charge on any atom is 0.255 e. The van der Waals surface area contributed by atoms with Crippen LogP contribution in [-0.2, 0) is 0 Å². The number of nitrogens with two attached hydrogens (primary N) is 1. The van der Waals surface area contributed by atoms with Gasteiger partial charge in [0.25, 0.3) is 5.91 Å². The largest absolute Gasteiger partial charge is 0.496 e. The van der Waals surface area contributed by atoms with Crippen molar-refractivity contribution in [2.45, 2.75) is 0 Å². The molecular formula is C12H15BrN2O2. The molecule has 0 bridgehead atoms. The van der Waals surface area contributed by atoms with Gasteiger partial charge in [0.2, 0.25) is 0 Å². The second-order valence-electron chi connectivity index (χ2n) is 3.26. The molecule has 4 nitrogen and oxygen atoms in total. The van der Waals surface area contributed by atoms with E-state index in [0.29, 0.717) is 24.4 Å². The predicted octanol–water partition coefficient (Wildman–Crippen LogP) is 1.70. The smallest absolute Gasteiger partial charge is 0.255 e. The first-order chi connectivity index (χ1) is 8.19. The van der Waals surface area contributed by atoms with Crippen LogP contribution >= 0.6 is 15.9 Å². The number of benzene rings is 1. The summed E-state index contributed by atoms with van der Waals surface area (Å²) in [7, 11) is 1.53. The van der Waals surface area contributed by atoms with Crippen molar-refractivity contribution in [2.24, 2.45) is 5.73 Å². The Bertz CT molecular complexity index is 419. The third-order valence-electron chi connectivity index (χ3n) is 2.09. The number of halogens is 1. The SMILES string of the molecule is COc1cc(Br)ccc1C(=O)NC/C=C/CN. The molecule has 0 atom stereocenters. The first kappa shape index (κ1) is 13.7. The number of methoxy groups -OCH3 is 1. The molecule has 1 aromatic carbocycles. The maximum absolute atomic E-state index is 11.8. The molecule has 0 spiro atoms. The zero-order chi connectivity index (χ0) is 12.7. The van der Waals surface area contributed by atoms with E-state index in [2.05, 4.69) is 21.2 Å². The highest BCUT2D eigenvalue weighted by atomic mass is 79.9. The van der Waals surface area contributed by atoms with Crippen LogP contribution in [0.15, 0.2) is 34.8 Å². The quantitative estimate of drug-likeness (QED) is 0.813. The van der Waals surface area contributed by atoms with Crippen molar-refractivity contribution in [2.75, 3.05) is 20.2 Å². The number of rotatable bonds is 5. The molecular weight excluding hydrogens is 284 g/mol. The van der Waals surface area contributed by atoms with E-state index in [1.54, 1.807) is 24.3 Å². The number of carbonyl (C=O) groups is 1. The Kier molecular flexibility index (Phi) is 5.72. The lowest BCUT2D eigenvalue weighted by molar-refractivity contribution is 0.0955. The molecule has 0 fully saturated rings. The molecule has 92 valence electrons. The molecule has 0 saturated carbocycles. The van der Waals surface area contributed by atoms with Gasteiger partial charge in [-0.05, 0) is 18.2 Å². The minimum Gasteiger partial charge on any atom is -0.496 e. The zero-order valence-corrected chi connectivity index (χ0v) is 11.2. The summed E-state index contributed by atoms with van der Waals surface area (Å²) in [5.74, 6) is 0.371. The van der Waals surface area contributed by atoms with Gasteiger partial charge in [-0.2, -0.15) is 0 Å². The summed E-state index contributed by atoms with van der Waals surface area (Å²) in [6, 6.07) is 5.27. The van der Waals surface area contributed by atoms with E-state index in [1.165, 1.54) is 7.11 Å². The van der Waals surface area contributed by atoms with Gasteiger partial charge in [0.05, 0.1) is 12.7 Å². The Morgan fingerprint density at radius 1 is 1.53 bits per heavy atom. The van der Waals surface area contributed by atoms with Crippen LogP contribution < -0.4 is 15.8 Å². The summed E-state index contributed by atoms with van der Waals surface area (Å²) < 4.78 is 6.02. The number of carbonyl (C=O) groups excluding carboxylic acids is 1. The van der Waals surface area contributed by atoms with Crippen molar-refractivity contribution < 1.29 is 9.53 Å². The van der Waals surface area contributed by atoms with E-state index in [1.807, 2.05) is 6.08 Å². The minimum atomic E-state index is -0.170. The van der Waals surface area contributed by atoms with Crippen molar-refractivity contribution in [3.63, 3.8) is 0 Å². The molecule has 1 amide bonds. The Balaban J connectivity index is 2.71. The number of hydrogen-bond donors (Lipinski definition) is 2. The summed E-state index contributed by atoms with van der Waals surface area (Å²) in [6.45, 7) is 0.923. The third kappa shape index (κ3) is 4.20. The highest BCUT2D eigenvalue weighted by Crippen LogP contribution is 2.23. The maximum atomic E-state index is 11.8. The van der Waals surface area contributed by atoms with Crippen LogP contribution in [0, 0.1) is 0 Å². The van der Waals surface area contributed by atoms with Gasteiger partial charge in [-0.15, -0.1) is 0 Å². The normalized spacial score (nSPS) is 10.5. The van der Waals surface area contributed by atoms with Gasteiger partial charge in [0.1, 0.15) is 5.75 Å². The highest BCUT2D eigenvalue weighted by Gasteiger charge is 2.11. The van der Waals surface area contributed by atoms with Crippen LogP contribution in [0.5, 0.6) is 5.75 Å². The van der Waals surface area contributed by atoms with Gasteiger partial charge in [0, 0.05) is 17.6 Å². The standard InChI is InChI=1S/C12H15BrN2O2/c1-17-11-8-9(13)4-5-10(11)12(16)15-7-3-2-6-14/h2-5,8H,6-7,14H2,1H3,(H,15,16)/b3-2+. The summed E-state index contributed by atoms with van der Waals surface area (Å²) in [5.41, 5.74) is 5.81. The lowest BCUT2D eigenvalue weighted by atomic mass is 10.2. The lowest BCUT2D eigenvalue weighted by Crippen LogP contribution is -2.24. The average molecular weight is 299 g/mol. The van der Waals surface area contributed by atoms with Gasteiger partial charge in [-0.3, -0.25) is 4.79 Å². The fourth-order valence-electron chi connectivity index (χ4n) is 1.28. The molecule has 0 aliphatic heterocycles. The Labute approximate surface area is 109 Å². The summed E-state index contributed by atoms with van der Waals surface area (Å²) in [6.07, 6.45) is 3.60. The van der Waals surface area contributed by atoms with Crippen molar-refractivity contribution in [3.8, 4) is 5.75 Å². The molecule has 0 heterocycles. The summed E-state index contributed by atoms with van der Waals surface area (Å²) in [4.78, 5) is 11.8. The average Bonchev–Trinajstić information content (AvgIpc) is 2.34. The predicted molar refractivity (Wildman–Crippen MR) is 71.2 cm³/mol. The zero-order valence-electron chi connectivity index (χ0n) is 9.57. The second-order valence-corrected chi connectivity index (χ2v) is 4.18. The van der Waals surface area contributed by atoms with Crippen LogP contribution in [0.3, 0.4) is 0 Å². The molecule has 5 heteroatoms. The van der Waals surface area contributed by atoms with E-state index in [9.17, 15) is 4.79 Å². The molecule has 0 saturated heterocycles. The molecule has 17 heavy (non-hydrogen) atoms. The Morgan fingerprint density at radius 2 is 2.29 bits per heavy atom.